The Bertz CT molecular complexity index is 7630. The number of rotatable bonds is 9. The molecule has 0 aliphatic carbocycles. The summed E-state index contributed by atoms with van der Waals surface area (Å²) in [7, 11) is 0. The highest BCUT2D eigenvalue weighted by atomic mass is 16.3. The molecule has 0 N–H and O–H groups in total. The zero-order chi connectivity index (χ0) is 82.6. The van der Waals surface area contributed by atoms with Crippen molar-refractivity contribution in [2.24, 2.45) is 0 Å². The quantitative estimate of drug-likeness (QED) is 0.134. The van der Waals surface area contributed by atoms with E-state index in [1.54, 1.807) is 0 Å². The largest absolute Gasteiger partial charge is 0.454 e. The van der Waals surface area contributed by atoms with Crippen LogP contribution in [0.4, 0.5) is 68.2 Å². The summed E-state index contributed by atoms with van der Waals surface area (Å²) in [6.07, 6.45) is 0. The van der Waals surface area contributed by atoms with E-state index < -0.39 is 0 Å². The van der Waals surface area contributed by atoms with Crippen LogP contribution in [0, 0.1) is 0 Å². The Hall–Kier alpha value is -14.5. The highest BCUT2D eigenvalue weighted by Crippen LogP contribution is 2.57. The lowest BCUT2D eigenvalue weighted by atomic mass is 9.30. The van der Waals surface area contributed by atoms with Crippen LogP contribution in [0.3, 0.4) is 0 Å². The highest BCUT2D eigenvalue weighted by Gasteiger charge is 2.51. The van der Waals surface area contributed by atoms with Crippen molar-refractivity contribution in [2.75, 3.05) is 19.6 Å². The van der Waals surface area contributed by atoms with Crippen molar-refractivity contribution < 1.29 is 8.83 Å². The van der Waals surface area contributed by atoms with Crippen molar-refractivity contribution >= 4 is 180 Å². The fraction of sp³-hybridized carbons (Fsp3) is 0.105. The molecule has 0 bridgehead atoms. The van der Waals surface area contributed by atoms with Gasteiger partial charge in [-0.3, -0.25) is 0 Å². The van der Waals surface area contributed by atoms with Crippen LogP contribution in [0.5, 0.6) is 0 Å². The van der Waals surface area contributed by atoms with Crippen molar-refractivity contribution in [1.29, 1.82) is 0 Å². The molecule has 0 amide bonds. The Kier molecular flexibility index (Phi) is 15.9. The molecule has 3 aromatic heterocycles. The lowest BCUT2D eigenvalue weighted by molar-refractivity contribution is 0.590. The van der Waals surface area contributed by atoms with Gasteiger partial charge in [0.05, 0.1) is 33.8 Å². The first kappa shape index (κ1) is 72.5. The number of para-hydroxylation sites is 8. The molecule has 17 aromatic carbocycles. The lowest BCUT2D eigenvalue weighted by Crippen LogP contribution is -2.65. The highest BCUT2D eigenvalue weighted by molar-refractivity contribution is 7.03. The summed E-state index contributed by atoms with van der Waals surface area (Å²) in [6, 6.07) is 137. The molecule has 0 saturated heterocycles. The van der Waals surface area contributed by atoms with Crippen LogP contribution < -0.4 is 52.4 Å². The first-order valence-electron chi connectivity index (χ1n) is 43.3. The molecule has 0 radical (unpaired) electrons. The van der Waals surface area contributed by atoms with Crippen LogP contribution in [-0.4, -0.2) is 18.0 Å². The molecule has 0 unspecified atom stereocenters. The van der Waals surface area contributed by atoms with E-state index in [9.17, 15) is 0 Å². The molecule has 9 heteroatoms. The molecule has 0 spiro atoms. The van der Waals surface area contributed by atoms with Gasteiger partial charge in [0.15, 0.2) is 11.2 Å². The van der Waals surface area contributed by atoms with Gasteiger partial charge in [-0.15, -0.1) is 0 Å². The predicted molar refractivity (Wildman–Crippen MR) is 521 cm³/mol. The summed E-state index contributed by atoms with van der Waals surface area (Å²) >= 11 is 0. The Labute approximate surface area is 717 Å². The Morgan fingerprint density at radius 1 is 0.228 bits per heavy atom. The number of benzene rings is 17. The Morgan fingerprint density at radius 3 is 1.02 bits per heavy atom. The number of hydrogen-bond donors (Lipinski definition) is 0. The minimum Gasteiger partial charge on any atom is -0.454 e. The summed E-state index contributed by atoms with van der Waals surface area (Å²) in [5.41, 5.74) is 38.5. The molecule has 0 atom stereocenters. The molecule has 7 heterocycles. The van der Waals surface area contributed by atoms with E-state index in [1.807, 2.05) is 0 Å². The summed E-state index contributed by atoms with van der Waals surface area (Å²) in [6.45, 7) is 20.7. The van der Waals surface area contributed by atoms with Crippen molar-refractivity contribution in [3.05, 3.63) is 381 Å². The standard InChI is InChI=1S/C114H87B2N5O2/c1-112(2,3)74-58-61-94-89(62-74)116-90-68-91-99(69-98(90)119(96-55-33-51-87-85-45-25-29-57-105(85)123-111(87)96)101-64-75(113(4,5)6)65-102(107(101)116)120(94)108-78(70-34-14-10-15-35-70)46-30-47-79(108)71-36-16-11-17-37-71)121(109-80(72-38-18-12-19-39-72)48-31-49-81(109)73-40-20-13-21-41-73)103-66-76(114(7,8)9)63-100-106(103)115(91)88-60-59-77(117-92-52-26-22-42-82(92)83-43-23-27-53-93(83)117)67-97(88)118(100)95-54-32-50-86-84-44-24-28-56-104(84)122-110(86)95/h10-69H,1-9H3. The summed E-state index contributed by atoms with van der Waals surface area (Å²) in [4.78, 5) is 10.7. The predicted octanol–water partition coefficient (Wildman–Crippen LogP) is 27.3. The van der Waals surface area contributed by atoms with Crippen molar-refractivity contribution in [3.8, 4) is 50.2 Å². The monoisotopic (exact) mass is 1580 g/mol. The molecule has 20 aromatic rings. The zero-order valence-corrected chi connectivity index (χ0v) is 70.3. The van der Waals surface area contributed by atoms with Gasteiger partial charge >= 0.3 is 0 Å². The molecule has 0 fully saturated rings. The molecule has 0 saturated carbocycles. The second kappa shape index (κ2) is 27.0. The van der Waals surface area contributed by atoms with Crippen LogP contribution in [0.1, 0.15) is 79.0 Å². The number of fused-ring (bicyclic) bond motifs is 17. The van der Waals surface area contributed by atoms with E-state index in [1.165, 1.54) is 60.2 Å². The Balaban J connectivity index is 0.890. The first-order valence-corrected chi connectivity index (χ1v) is 43.3. The summed E-state index contributed by atoms with van der Waals surface area (Å²) in [5.74, 6) is 0. The maximum atomic E-state index is 7.51. The molecule has 586 valence electrons. The zero-order valence-electron chi connectivity index (χ0n) is 70.3. The lowest BCUT2D eigenvalue weighted by Gasteiger charge is -2.48. The van der Waals surface area contributed by atoms with Crippen molar-refractivity contribution in [2.45, 2.75) is 78.6 Å². The van der Waals surface area contributed by atoms with Crippen LogP contribution >= 0.6 is 0 Å². The van der Waals surface area contributed by atoms with Crippen LogP contribution in [0.2, 0.25) is 0 Å². The maximum absolute atomic E-state index is 7.51. The fourth-order valence-electron chi connectivity index (χ4n) is 20.9. The number of nitrogens with zero attached hydrogens (tertiary/aromatic N) is 5. The SMILES string of the molecule is CC(C)(C)c1ccc2c(c1)B1c3cc4c(cc3N(c3cccc5c3oc3ccccc35)c3cc(C(C)(C)C)cc(c31)N2c1c(-c2ccccc2)cccc1-c1ccccc1)N(c1c(-c2ccccc2)cccc1-c1ccccc1)c1cc(C(C)(C)C)cc2c1B4c1ccc(-n3c4ccccc4c4ccccc43)cc1N2c1cccc2c1oc1ccccc12. The normalized spacial score (nSPS) is 13.5. The van der Waals surface area contributed by atoms with Gasteiger partial charge in [0.2, 0.25) is 0 Å². The van der Waals surface area contributed by atoms with Gasteiger partial charge in [-0.25, -0.2) is 0 Å². The number of aromatic nitrogens is 1. The molecule has 7 nitrogen and oxygen atoms in total. The van der Waals surface area contributed by atoms with Crippen molar-refractivity contribution in [3.63, 3.8) is 0 Å². The van der Waals surface area contributed by atoms with Gasteiger partial charge in [0, 0.05) is 106 Å². The van der Waals surface area contributed by atoms with Gasteiger partial charge in [0.25, 0.3) is 13.4 Å². The van der Waals surface area contributed by atoms with Gasteiger partial charge in [-0.05, 0) is 173 Å². The van der Waals surface area contributed by atoms with E-state index in [0.717, 1.165) is 173 Å². The van der Waals surface area contributed by atoms with E-state index in [2.05, 4.69) is 450 Å². The summed E-state index contributed by atoms with van der Waals surface area (Å²) in [5, 5.41) is 6.69. The minimum atomic E-state index is -0.377. The van der Waals surface area contributed by atoms with E-state index in [4.69, 9.17) is 8.83 Å². The third-order valence-corrected chi connectivity index (χ3v) is 26.8. The van der Waals surface area contributed by atoms with Crippen molar-refractivity contribution in [1.82, 2.24) is 4.57 Å². The fourth-order valence-corrected chi connectivity index (χ4v) is 20.9. The van der Waals surface area contributed by atoms with Gasteiger partial charge in [-0.2, -0.15) is 0 Å². The summed E-state index contributed by atoms with van der Waals surface area (Å²) < 4.78 is 17.4. The third-order valence-electron chi connectivity index (χ3n) is 26.8. The molecular formula is C114H87B2N5O2. The molecular weight excluding hydrogens is 1490 g/mol. The van der Waals surface area contributed by atoms with Gasteiger partial charge in [0.1, 0.15) is 11.2 Å². The number of anilines is 12. The van der Waals surface area contributed by atoms with E-state index in [0.29, 0.717) is 0 Å². The van der Waals surface area contributed by atoms with Gasteiger partial charge < -0.3 is 33.0 Å². The Morgan fingerprint density at radius 2 is 0.577 bits per heavy atom. The topological polar surface area (TPSA) is 44.2 Å². The minimum absolute atomic E-state index is 0.246. The molecule has 123 heavy (non-hydrogen) atoms. The van der Waals surface area contributed by atoms with Crippen LogP contribution in [0.25, 0.3) is 116 Å². The second-order valence-corrected chi connectivity index (χ2v) is 37.0. The van der Waals surface area contributed by atoms with Gasteiger partial charge in [-0.1, -0.05) is 341 Å². The third kappa shape index (κ3) is 11.0. The van der Waals surface area contributed by atoms with Crippen LogP contribution in [-0.2, 0) is 16.2 Å². The second-order valence-electron chi connectivity index (χ2n) is 37.0. The number of hydrogen-bond acceptors (Lipinski definition) is 6. The first-order chi connectivity index (χ1) is 60.0. The molecule has 4 aliphatic rings. The molecule has 24 rings (SSSR count). The average Bonchev–Trinajstić information content (AvgIpc) is 0.966. The number of furan rings is 2. The molecule has 4 aliphatic heterocycles. The maximum Gasteiger partial charge on any atom is 0.252 e. The van der Waals surface area contributed by atoms with E-state index in [-0.39, 0.29) is 29.7 Å². The van der Waals surface area contributed by atoms with E-state index >= 15 is 0 Å². The smallest absolute Gasteiger partial charge is 0.252 e. The van der Waals surface area contributed by atoms with Crippen LogP contribution in [0.15, 0.2) is 373 Å². The average molecular weight is 1580 g/mol.